The van der Waals surface area contributed by atoms with Crippen LogP contribution >= 0.6 is 15.9 Å². The van der Waals surface area contributed by atoms with E-state index in [1.54, 1.807) is 44.6 Å². The summed E-state index contributed by atoms with van der Waals surface area (Å²) in [6.45, 7) is 0.941. The van der Waals surface area contributed by atoms with Crippen LogP contribution in [0, 0.1) is 0 Å². The molecule has 0 saturated carbocycles. The molecule has 0 radical (unpaired) electrons. The maximum absolute atomic E-state index is 12.6. The van der Waals surface area contributed by atoms with Crippen LogP contribution in [0.2, 0.25) is 0 Å². The number of Topliss-reactive ketones (excluding diaryl/α,β-unsaturated/α-hetero) is 1. The number of rotatable bonds is 4. The number of ether oxygens (including phenoxy) is 2. The first kappa shape index (κ1) is 18.9. The second kappa shape index (κ2) is 7.20. The molecule has 2 aromatic rings. The van der Waals surface area contributed by atoms with E-state index in [1.807, 2.05) is 4.90 Å². The Hall–Kier alpha value is -2.42. The molecule has 4 rings (SSSR count). The molecule has 1 amide bonds. The van der Waals surface area contributed by atoms with Crippen molar-refractivity contribution in [2.75, 3.05) is 32.3 Å². The Morgan fingerprint density at radius 1 is 1.14 bits per heavy atom. The lowest BCUT2D eigenvalue weighted by Gasteiger charge is -2.35. The molecule has 8 heteroatoms. The molecule has 7 nitrogen and oxygen atoms in total. The van der Waals surface area contributed by atoms with E-state index in [1.165, 1.54) is 4.90 Å². The fourth-order valence-electron chi connectivity index (χ4n) is 3.89. The third-order valence-corrected chi connectivity index (χ3v) is 5.81. The summed E-state index contributed by atoms with van der Waals surface area (Å²) >= 11 is 3.35. The third-order valence-electron chi connectivity index (χ3n) is 5.15. The number of carbonyl (C=O) groups is 2. The first-order chi connectivity index (χ1) is 13.5. The third kappa shape index (κ3) is 2.88. The highest BCUT2D eigenvalue weighted by molar-refractivity contribution is 9.10. The fraction of sp³-hybridized carbons (Fsp3) is 0.300. The fourth-order valence-corrected chi connectivity index (χ4v) is 4.43. The molecule has 0 spiro atoms. The lowest BCUT2D eigenvalue weighted by Crippen LogP contribution is -2.44. The second-order valence-electron chi connectivity index (χ2n) is 6.73. The summed E-state index contributed by atoms with van der Waals surface area (Å²) in [5, 5.41) is 10.7. The number of halogens is 1. The summed E-state index contributed by atoms with van der Waals surface area (Å²) < 4.78 is 11.4. The van der Waals surface area contributed by atoms with E-state index in [9.17, 15) is 14.7 Å². The number of aliphatic hydroxyl groups is 1. The molecular weight excluding hydrogens is 428 g/mol. The van der Waals surface area contributed by atoms with Gasteiger partial charge in [-0.1, -0.05) is 6.07 Å². The van der Waals surface area contributed by atoms with Crippen molar-refractivity contribution in [3.8, 4) is 11.5 Å². The van der Waals surface area contributed by atoms with E-state index in [0.717, 1.165) is 5.56 Å². The number of β-amino-alcohol motifs (C(OH)–C–C–N with tert-alkyl or cyclic N) is 1. The Bertz CT molecular complexity index is 977. The van der Waals surface area contributed by atoms with Crippen LogP contribution in [0.15, 0.2) is 34.8 Å². The van der Waals surface area contributed by atoms with Crippen molar-refractivity contribution in [3.63, 3.8) is 0 Å². The normalized spacial score (nSPS) is 18.9. The van der Waals surface area contributed by atoms with Gasteiger partial charge in [0.25, 0.3) is 5.78 Å². The predicted molar refractivity (Wildman–Crippen MR) is 106 cm³/mol. The highest BCUT2D eigenvalue weighted by Gasteiger charge is 2.39. The van der Waals surface area contributed by atoms with Gasteiger partial charge >= 0.3 is 5.91 Å². The van der Waals surface area contributed by atoms with Crippen LogP contribution < -0.4 is 14.4 Å². The van der Waals surface area contributed by atoms with E-state index in [2.05, 4.69) is 15.9 Å². The first-order valence-electron chi connectivity index (χ1n) is 8.75. The van der Waals surface area contributed by atoms with Gasteiger partial charge < -0.3 is 14.6 Å². The van der Waals surface area contributed by atoms with Crippen LogP contribution in [-0.4, -0.2) is 49.1 Å². The van der Waals surface area contributed by atoms with E-state index in [0.29, 0.717) is 45.9 Å². The number of benzene rings is 2. The number of hydrogen-bond donors (Lipinski definition) is 1. The van der Waals surface area contributed by atoms with Crippen LogP contribution in [0.4, 0.5) is 5.69 Å². The summed E-state index contributed by atoms with van der Waals surface area (Å²) in [6, 6.07) is 8.85. The molecule has 146 valence electrons. The molecule has 0 aromatic heterocycles. The molecule has 2 aromatic carbocycles. The Morgan fingerprint density at radius 2 is 1.86 bits per heavy atom. The van der Waals surface area contributed by atoms with Crippen molar-refractivity contribution in [2.45, 2.75) is 12.6 Å². The van der Waals surface area contributed by atoms with Crippen LogP contribution in [0.1, 0.15) is 27.6 Å². The predicted octanol–water partition coefficient (Wildman–Crippen LogP) is 2.50. The molecule has 0 saturated heterocycles. The van der Waals surface area contributed by atoms with Crippen molar-refractivity contribution in [2.24, 2.45) is 0 Å². The minimum atomic E-state index is -0.802. The zero-order valence-corrected chi connectivity index (χ0v) is 17.0. The minimum absolute atomic E-state index is 0.185. The highest BCUT2D eigenvalue weighted by atomic mass is 79.9. The molecular formula is C20H19BrN2O5. The largest absolute Gasteiger partial charge is 0.496 e. The number of amides is 1. The molecule has 0 bridgehead atoms. The Kier molecular flexibility index (Phi) is 4.86. The average molecular weight is 447 g/mol. The molecule has 0 fully saturated rings. The number of aliphatic hydroxyl groups excluding tert-OH is 1. The second-order valence-corrected chi connectivity index (χ2v) is 7.58. The summed E-state index contributed by atoms with van der Waals surface area (Å²) in [5.74, 6) is 0.149. The Morgan fingerprint density at radius 3 is 2.57 bits per heavy atom. The van der Waals surface area contributed by atoms with E-state index >= 15 is 0 Å². The van der Waals surface area contributed by atoms with Crippen molar-refractivity contribution in [3.05, 3.63) is 51.5 Å². The highest BCUT2D eigenvalue weighted by Crippen LogP contribution is 2.40. The minimum Gasteiger partial charge on any atom is -0.496 e. The Balaban J connectivity index is 1.67. The van der Waals surface area contributed by atoms with Gasteiger partial charge in [-0.15, -0.1) is 0 Å². The summed E-state index contributed by atoms with van der Waals surface area (Å²) in [5.41, 5.74) is 2.46. The van der Waals surface area contributed by atoms with Gasteiger partial charge in [-0.2, -0.15) is 0 Å². The Labute approximate surface area is 170 Å². The molecule has 2 heterocycles. The van der Waals surface area contributed by atoms with Gasteiger partial charge in [0.2, 0.25) is 0 Å². The van der Waals surface area contributed by atoms with Gasteiger partial charge in [-0.3, -0.25) is 19.4 Å². The van der Waals surface area contributed by atoms with Crippen LogP contribution in [0.3, 0.4) is 0 Å². The number of hydrogen-bond acceptors (Lipinski definition) is 6. The SMILES string of the molecule is COc1ccc(OC)c2c1CN(CN1C(=O)C(=O)c3c(Br)cccc31)CC2O. The van der Waals surface area contributed by atoms with Crippen molar-refractivity contribution < 1.29 is 24.2 Å². The van der Waals surface area contributed by atoms with Crippen molar-refractivity contribution in [1.29, 1.82) is 0 Å². The van der Waals surface area contributed by atoms with Crippen LogP contribution in [0.25, 0.3) is 0 Å². The van der Waals surface area contributed by atoms with Crippen molar-refractivity contribution >= 4 is 33.3 Å². The van der Waals surface area contributed by atoms with Gasteiger partial charge in [0, 0.05) is 28.7 Å². The van der Waals surface area contributed by atoms with E-state index in [-0.39, 0.29) is 6.67 Å². The van der Waals surface area contributed by atoms with Gasteiger partial charge in [0.15, 0.2) is 0 Å². The zero-order valence-electron chi connectivity index (χ0n) is 15.4. The van der Waals surface area contributed by atoms with Gasteiger partial charge in [0.05, 0.1) is 38.2 Å². The van der Waals surface area contributed by atoms with Gasteiger partial charge in [0.1, 0.15) is 11.5 Å². The standard InChI is InChI=1S/C20H19BrN2O5/c1-27-15-6-7-16(28-2)17-11(15)8-22(9-14(17)24)10-23-13-5-3-4-12(21)18(13)19(25)20(23)26/h3-7,14,24H,8-10H2,1-2H3. The van der Waals surface area contributed by atoms with Crippen LogP contribution in [0.5, 0.6) is 11.5 Å². The van der Waals surface area contributed by atoms with Gasteiger partial charge in [-0.05, 0) is 40.2 Å². The van der Waals surface area contributed by atoms with Crippen molar-refractivity contribution in [1.82, 2.24) is 4.90 Å². The monoisotopic (exact) mass is 446 g/mol. The molecule has 1 N–H and O–H groups in total. The number of nitrogens with zero attached hydrogens (tertiary/aromatic N) is 2. The van der Waals surface area contributed by atoms with E-state index in [4.69, 9.17) is 9.47 Å². The summed E-state index contributed by atoms with van der Waals surface area (Å²) in [6.07, 6.45) is -0.802. The average Bonchev–Trinajstić information content (AvgIpc) is 2.93. The molecule has 28 heavy (non-hydrogen) atoms. The lowest BCUT2D eigenvalue weighted by molar-refractivity contribution is -0.114. The zero-order chi connectivity index (χ0) is 20.0. The molecule has 2 aliphatic heterocycles. The maximum atomic E-state index is 12.6. The lowest BCUT2D eigenvalue weighted by atomic mass is 9.95. The summed E-state index contributed by atoms with van der Waals surface area (Å²) in [7, 11) is 3.13. The molecule has 1 unspecified atom stereocenters. The smallest absolute Gasteiger partial charge is 0.300 e. The topological polar surface area (TPSA) is 79.3 Å². The quantitative estimate of drug-likeness (QED) is 0.726. The number of fused-ring (bicyclic) bond motifs is 2. The molecule has 2 aliphatic rings. The number of anilines is 1. The number of carbonyl (C=O) groups excluding carboxylic acids is 2. The maximum Gasteiger partial charge on any atom is 0.300 e. The van der Waals surface area contributed by atoms with Gasteiger partial charge in [-0.25, -0.2) is 0 Å². The van der Waals surface area contributed by atoms with Crippen LogP contribution in [-0.2, 0) is 11.3 Å². The number of ketones is 1. The molecule has 0 aliphatic carbocycles. The first-order valence-corrected chi connectivity index (χ1v) is 9.54. The summed E-state index contributed by atoms with van der Waals surface area (Å²) in [4.78, 5) is 28.3. The van der Waals surface area contributed by atoms with E-state index < -0.39 is 17.8 Å². The molecule has 1 atom stereocenters. The number of methoxy groups -OCH3 is 2.